The first-order chi connectivity index (χ1) is 7.74. The molecule has 3 unspecified atom stereocenters. The van der Waals surface area contributed by atoms with Gasteiger partial charge in [-0.25, -0.2) is 0 Å². The molecule has 0 aromatic carbocycles. The summed E-state index contributed by atoms with van der Waals surface area (Å²) in [5, 5.41) is 8.20. The van der Waals surface area contributed by atoms with Gasteiger partial charge in [-0.2, -0.15) is 11.3 Å². The molecular weight excluding hydrogens is 282 g/mol. The zero-order valence-corrected chi connectivity index (χ0v) is 12.4. The summed E-state index contributed by atoms with van der Waals surface area (Å²) in [7, 11) is 0. The highest BCUT2D eigenvalue weighted by atomic mass is 79.9. The number of nitrogens with one attached hydrogen (secondary N) is 1. The molecule has 0 radical (unpaired) electrons. The number of hydrogen-bond donors (Lipinski definition) is 1. The van der Waals surface area contributed by atoms with Gasteiger partial charge < -0.3 is 5.32 Å². The van der Waals surface area contributed by atoms with Gasteiger partial charge in [0.05, 0.1) is 0 Å². The van der Waals surface area contributed by atoms with Gasteiger partial charge in [-0.05, 0) is 64.5 Å². The third-order valence-electron chi connectivity index (χ3n) is 3.76. The molecule has 16 heavy (non-hydrogen) atoms. The standard InChI is InChI=1S/C13H20BrNS/c1-3-6-15-13-5-4-10(9(13)2)11-7-16-8-12(11)14/h7-10,13,15H,3-6H2,1-2H3. The maximum atomic E-state index is 3.68. The molecule has 1 fully saturated rings. The molecule has 0 bridgehead atoms. The zero-order valence-electron chi connectivity index (χ0n) is 10.0. The van der Waals surface area contributed by atoms with Gasteiger partial charge in [0.15, 0.2) is 0 Å². The summed E-state index contributed by atoms with van der Waals surface area (Å²) in [4.78, 5) is 0. The summed E-state index contributed by atoms with van der Waals surface area (Å²) in [6.45, 7) is 5.79. The first-order valence-corrected chi connectivity index (χ1v) is 7.92. The smallest absolute Gasteiger partial charge is 0.0317 e. The van der Waals surface area contributed by atoms with Crippen LogP contribution in [0.15, 0.2) is 15.2 Å². The molecule has 1 aliphatic rings. The maximum Gasteiger partial charge on any atom is 0.0317 e. The largest absolute Gasteiger partial charge is 0.314 e. The number of rotatable bonds is 4. The van der Waals surface area contributed by atoms with Crippen molar-refractivity contribution in [2.45, 2.75) is 45.1 Å². The molecule has 0 saturated heterocycles. The van der Waals surface area contributed by atoms with Crippen LogP contribution in [0.25, 0.3) is 0 Å². The minimum atomic E-state index is 0.719. The summed E-state index contributed by atoms with van der Waals surface area (Å²) >= 11 is 5.47. The molecule has 3 heteroatoms. The van der Waals surface area contributed by atoms with Crippen molar-refractivity contribution in [3.05, 3.63) is 20.8 Å². The lowest BCUT2D eigenvalue weighted by molar-refractivity contribution is 0.404. The van der Waals surface area contributed by atoms with E-state index in [-0.39, 0.29) is 0 Å². The van der Waals surface area contributed by atoms with Crippen LogP contribution in [-0.4, -0.2) is 12.6 Å². The minimum absolute atomic E-state index is 0.719. The average molecular weight is 302 g/mol. The third-order valence-corrected chi connectivity index (χ3v) is 5.51. The molecule has 1 saturated carbocycles. The highest BCUT2D eigenvalue weighted by molar-refractivity contribution is 9.10. The van der Waals surface area contributed by atoms with Crippen LogP contribution in [0.1, 0.15) is 44.6 Å². The molecule has 1 aromatic rings. The van der Waals surface area contributed by atoms with Crippen LogP contribution in [0.3, 0.4) is 0 Å². The van der Waals surface area contributed by atoms with Crippen LogP contribution >= 0.6 is 27.3 Å². The molecule has 3 atom stereocenters. The van der Waals surface area contributed by atoms with Gasteiger partial charge in [-0.15, -0.1) is 0 Å². The van der Waals surface area contributed by atoms with Gasteiger partial charge in [0, 0.05) is 15.9 Å². The van der Waals surface area contributed by atoms with Crippen molar-refractivity contribution in [3.63, 3.8) is 0 Å². The molecule has 1 aliphatic carbocycles. The Balaban J connectivity index is 2.02. The number of thiophene rings is 1. The first kappa shape index (κ1) is 12.6. The topological polar surface area (TPSA) is 12.0 Å². The van der Waals surface area contributed by atoms with E-state index in [1.54, 1.807) is 11.3 Å². The fraction of sp³-hybridized carbons (Fsp3) is 0.692. The molecule has 1 N–H and O–H groups in total. The Morgan fingerprint density at radius 3 is 2.88 bits per heavy atom. The van der Waals surface area contributed by atoms with Crippen LogP contribution in [0.2, 0.25) is 0 Å². The Bertz CT molecular complexity index is 336. The molecule has 0 aliphatic heterocycles. The fourth-order valence-electron chi connectivity index (χ4n) is 2.78. The summed E-state index contributed by atoms with van der Waals surface area (Å²) in [5.74, 6) is 1.51. The normalized spacial score (nSPS) is 29.8. The Hall–Kier alpha value is 0.140. The van der Waals surface area contributed by atoms with Crippen molar-refractivity contribution >= 4 is 27.3 Å². The zero-order chi connectivity index (χ0) is 11.5. The Kier molecular flexibility index (Phi) is 4.45. The van der Waals surface area contributed by atoms with Crippen molar-refractivity contribution < 1.29 is 0 Å². The van der Waals surface area contributed by atoms with Crippen LogP contribution in [0, 0.1) is 5.92 Å². The van der Waals surface area contributed by atoms with Crippen LogP contribution in [0.4, 0.5) is 0 Å². The maximum absolute atomic E-state index is 3.68. The third kappa shape index (κ3) is 2.52. The van der Waals surface area contributed by atoms with Gasteiger partial charge >= 0.3 is 0 Å². The summed E-state index contributed by atoms with van der Waals surface area (Å²) in [5.41, 5.74) is 1.53. The summed E-state index contributed by atoms with van der Waals surface area (Å²) in [6, 6.07) is 0.719. The van der Waals surface area contributed by atoms with Crippen molar-refractivity contribution in [1.82, 2.24) is 5.32 Å². The van der Waals surface area contributed by atoms with Gasteiger partial charge in [0.1, 0.15) is 0 Å². The number of halogens is 1. The number of hydrogen-bond acceptors (Lipinski definition) is 2. The molecular formula is C13H20BrNS. The summed E-state index contributed by atoms with van der Waals surface area (Å²) in [6.07, 6.45) is 3.89. The second kappa shape index (κ2) is 5.65. The van der Waals surface area contributed by atoms with Gasteiger partial charge in [0.2, 0.25) is 0 Å². The van der Waals surface area contributed by atoms with E-state index in [4.69, 9.17) is 0 Å². The van der Waals surface area contributed by atoms with Crippen molar-refractivity contribution in [2.75, 3.05) is 6.54 Å². The molecule has 0 spiro atoms. The van der Waals surface area contributed by atoms with Crippen LogP contribution < -0.4 is 5.32 Å². The monoisotopic (exact) mass is 301 g/mol. The van der Waals surface area contributed by atoms with E-state index in [0.29, 0.717) is 0 Å². The van der Waals surface area contributed by atoms with Gasteiger partial charge in [-0.1, -0.05) is 13.8 Å². The summed E-state index contributed by atoms with van der Waals surface area (Å²) < 4.78 is 1.31. The highest BCUT2D eigenvalue weighted by Crippen LogP contribution is 2.43. The average Bonchev–Trinajstić information content (AvgIpc) is 2.83. The Labute approximate surface area is 111 Å². The van der Waals surface area contributed by atoms with Crippen molar-refractivity contribution in [2.24, 2.45) is 5.92 Å². The Morgan fingerprint density at radius 1 is 1.44 bits per heavy atom. The van der Waals surface area contributed by atoms with Gasteiger partial charge in [-0.3, -0.25) is 0 Å². The van der Waals surface area contributed by atoms with E-state index in [2.05, 4.69) is 45.9 Å². The highest BCUT2D eigenvalue weighted by Gasteiger charge is 2.34. The SMILES string of the molecule is CCCNC1CCC(c2cscc2Br)C1C. The van der Waals surface area contributed by atoms with Gasteiger partial charge in [0.25, 0.3) is 0 Å². The van der Waals surface area contributed by atoms with Crippen molar-refractivity contribution in [3.8, 4) is 0 Å². The molecule has 0 amide bonds. The second-order valence-electron chi connectivity index (χ2n) is 4.78. The first-order valence-electron chi connectivity index (χ1n) is 6.19. The van der Waals surface area contributed by atoms with E-state index >= 15 is 0 Å². The predicted molar refractivity (Wildman–Crippen MR) is 75.2 cm³/mol. The van der Waals surface area contributed by atoms with Crippen LogP contribution in [-0.2, 0) is 0 Å². The minimum Gasteiger partial charge on any atom is -0.314 e. The van der Waals surface area contributed by atoms with E-state index < -0.39 is 0 Å². The molecule has 2 rings (SSSR count). The molecule has 90 valence electrons. The molecule has 1 nitrogen and oxygen atoms in total. The quantitative estimate of drug-likeness (QED) is 0.869. The predicted octanol–water partition coefficient (Wildman–Crippen LogP) is 4.39. The van der Waals surface area contributed by atoms with Crippen molar-refractivity contribution in [1.29, 1.82) is 0 Å². The Morgan fingerprint density at radius 2 is 2.25 bits per heavy atom. The van der Waals surface area contributed by atoms with E-state index in [9.17, 15) is 0 Å². The fourth-order valence-corrected chi connectivity index (χ4v) is 4.43. The lowest BCUT2D eigenvalue weighted by atomic mass is 9.90. The second-order valence-corrected chi connectivity index (χ2v) is 6.38. The van der Waals surface area contributed by atoms with E-state index in [1.165, 1.54) is 29.3 Å². The molecule has 1 heterocycles. The van der Waals surface area contributed by atoms with E-state index in [1.807, 2.05) is 0 Å². The van der Waals surface area contributed by atoms with E-state index in [0.717, 1.165) is 24.4 Å². The molecule has 1 aromatic heterocycles. The van der Waals surface area contributed by atoms with Crippen LogP contribution in [0.5, 0.6) is 0 Å². The lowest BCUT2D eigenvalue weighted by Gasteiger charge is -2.21. The lowest BCUT2D eigenvalue weighted by Crippen LogP contribution is -2.32.